The number of hydrogen-bond donors (Lipinski definition) is 2. The third kappa shape index (κ3) is 1.95. The molecule has 2 N–H and O–H groups in total. The smallest absolute Gasteiger partial charge is 0.144 e. The monoisotopic (exact) mass is 179 g/mol. The molecule has 4 heteroatoms. The molecule has 1 aromatic rings. The molecule has 0 spiro atoms. The largest absolute Gasteiger partial charge is 0.388 e. The van der Waals surface area contributed by atoms with Crippen LogP contribution in [0.2, 0.25) is 0 Å². The summed E-state index contributed by atoms with van der Waals surface area (Å²) in [5, 5.41) is 12.8. The van der Waals surface area contributed by atoms with Gasteiger partial charge in [0.2, 0.25) is 0 Å². The van der Waals surface area contributed by atoms with E-state index in [1.807, 2.05) is 0 Å². The van der Waals surface area contributed by atoms with Gasteiger partial charge in [-0.15, -0.1) is 0 Å². The summed E-state index contributed by atoms with van der Waals surface area (Å²) in [6.07, 6.45) is 7.82. The summed E-state index contributed by atoms with van der Waals surface area (Å²) in [5.74, 6) is 0.725. The molecular formula is C9H13N3O. The van der Waals surface area contributed by atoms with Crippen molar-refractivity contribution in [2.75, 3.05) is 11.9 Å². The molecule has 0 atom stereocenters. The lowest BCUT2D eigenvalue weighted by molar-refractivity contribution is -0.0202. The molecule has 0 amide bonds. The first-order chi connectivity index (χ1) is 6.29. The van der Waals surface area contributed by atoms with Crippen molar-refractivity contribution in [3.05, 3.63) is 18.6 Å². The molecule has 1 aromatic heterocycles. The summed E-state index contributed by atoms with van der Waals surface area (Å²) < 4.78 is 0. The van der Waals surface area contributed by atoms with E-state index in [9.17, 15) is 5.11 Å². The van der Waals surface area contributed by atoms with Crippen molar-refractivity contribution in [2.45, 2.75) is 24.9 Å². The van der Waals surface area contributed by atoms with Gasteiger partial charge in [-0.05, 0) is 19.3 Å². The number of nitrogens with zero attached hydrogens (tertiary/aromatic N) is 2. The molecule has 1 heterocycles. The van der Waals surface area contributed by atoms with Gasteiger partial charge in [-0.2, -0.15) is 0 Å². The number of aliphatic hydroxyl groups is 1. The van der Waals surface area contributed by atoms with Crippen molar-refractivity contribution in [1.82, 2.24) is 9.97 Å². The topological polar surface area (TPSA) is 58.0 Å². The van der Waals surface area contributed by atoms with Crippen LogP contribution >= 0.6 is 0 Å². The number of hydrogen-bond acceptors (Lipinski definition) is 4. The zero-order valence-corrected chi connectivity index (χ0v) is 7.40. The Morgan fingerprint density at radius 1 is 1.46 bits per heavy atom. The van der Waals surface area contributed by atoms with Crippen LogP contribution in [-0.2, 0) is 0 Å². The molecular weight excluding hydrogens is 166 g/mol. The van der Waals surface area contributed by atoms with Crippen LogP contribution in [0.25, 0.3) is 0 Å². The third-order valence-corrected chi connectivity index (χ3v) is 2.45. The van der Waals surface area contributed by atoms with Gasteiger partial charge in [0.25, 0.3) is 0 Å². The molecule has 0 bridgehead atoms. The lowest BCUT2D eigenvalue weighted by Crippen LogP contribution is -2.43. The molecule has 1 aliphatic carbocycles. The van der Waals surface area contributed by atoms with Crippen LogP contribution in [0, 0.1) is 0 Å². The highest BCUT2D eigenvalue weighted by Crippen LogP contribution is 2.31. The minimum absolute atomic E-state index is 0.502. The molecule has 1 aliphatic rings. The summed E-state index contributed by atoms with van der Waals surface area (Å²) in [6, 6.07) is 0. The van der Waals surface area contributed by atoms with Gasteiger partial charge in [-0.1, -0.05) is 0 Å². The van der Waals surface area contributed by atoms with Crippen molar-refractivity contribution in [3.63, 3.8) is 0 Å². The van der Waals surface area contributed by atoms with Crippen LogP contribution in [0.5, 0.6) is 0 Å². The molecule has 70 valence electrons. The van der Waals surface area contributed by atoms with Crippen LogP contribution in [-0.4, -0.2) is 27.2 Å². The molecule has 0 saturated heterocycles. The Balaban J connectivity index is 1.86. The Kier molecular flexibility index (Phi) is 2.14. The highest BCUT2D eigenvalue weighted by atomic mass is 16.3. The minimum Gasteiger partial charge on any atom is -0.388 e. The van der Waals surface area contributed by atoms with Gasteiger partial charge in [-0.25, -0.2) is 4.98 Å². The van der Waals surface area contributed by atoms with Crippen molar-refractivity contribution in [1.29, 1.82) is 0 Å². The van der Waals surface area contributed by atoms with Crippen LogP contribution in [0.15, 0.2) is 18.6 Å². The second-order valence-corrected chi connectivity index (χ2v) is 3.52. The van der Waals surface area contributed by atoms with E-state index in [-0.39, 0.29) is 0 Å². The predicted molar refractivity (Wildman–Crippen MR) is 49.3 cm³/mol. The standard InChI is InChI=1S/C9H13N3O/c13-9(2-1-3-9)7-12-8-6-10-4-5-11-8/h4-6,13H,1-3,7H2,(H,11,12). The molecule has 1 fully saturated rings. The zero-order chi connectivity index (χ0) is 9.15. The van der Waals surface area contributed by atoms with Gasteiger partial charge >= 0.3 is 0 Å². The van der Waals surface area contributed by atoms with Crippen LogP contribution < -0.4 is 5.32 Å². The van der Waals surface area contributed by atoms with Crippen LogP contribution in [0.1, 0.15) is 19.3 Å². The molecule has 4 nitrogen and oxygen atoms in total. The van der Waals surface area contributed by atoms with E-state index in [1.54, 1.807) is 18.6 Å². The zero-order valence-electron chi connectivity index (χ0n) is 7.40. The fourth-order valence-electron chi connectivity index (χ4n) is 1.41. The number of aromatic nitrogens is 2. The van der Waals surface area contributed by atoms with Gasteiger partial charge in [0.15, 0.2) is 0 Å². The van der Waals surface area contributed by atoms with Crippen molar-refractivity contribution >= 4 is 5.82 Å². The average Bonchev–Trinajstić information content (AvgIpc) is 2.13. The maximum absolute atomic E-state index is 9.76. The summed E-state index contributed by atoms with van der Waals surface area (Å²) in [5.41, 5.74) is -0.502. The second-order valence-electron chi connectivity index (χ2n) is 3.52. The molecule has 0 aromatic carbocycles. The van der Waals surface area contributed by atoms with Gasteiger partial charge in [0.1, 0.15) is 5.82 Å². The number of rotatable bonds is 3. The Morgan fingerprint density at radius 2 is 2.31 bits per heavy atom. The summed E-state index contributed by atoms with van der Waals surface area (Å²) in [4.78, 5) is 7.98. The van der Waals surface area contributed by atoms with Crippen molar-refractivity contribution in [2.24, 2.45) is 0 Å². The summed E-state index contributed by atoms with van der Waals surface area (Å²) in [6.45, 7) is 0.575. The SMILES string of the molecule is OC1(CNc2cnccn2)CCC1. The summed E-state index contributed by atoms with van der Waals surface area (Å²) >= 11 is 0. The Bertz CT molecular complexity index is 271. The Labute approximate surface area is 77.0 Å². The van der Waals surface area contributed by atoms with Crippen LogP contribution in [0.4, 0.5) is 5.82 Å². The van der Waals surface area contributed by atoms with Gasteiger partial charge in [0.05, 0.1) is 11.8 Å². The molecule has 13 heavy (non-hydrogen) atoms. The normalized spacial score (nSPS) is 19.2. The first kappa shape index (κ1) is 8.44. The quantitative estimate of drug-likeness (QED) is 0.720. The van der Waals surface area contributed by atoms with E-state index < -0.39 is 5.60 Å². The number of nitrogens with one attached hydrogen (secondary N) is 1. The van der Waals surface area contributed by atoms with E-state index in [0.717, 1.165) is 25.1 Å². The van der Waals surface area contributed by atoms with Crippen LogP contribution in [0.3, 0.4) is 0 Å². The molecule has 0 unspecified atom stereocenters. The Hall–Kier alpha value is -1.16. The number of anilines is 1. The lowest BCUT2D eigenvalue weighted by Gasteiger charge is -2.36. The molecule has 0 aliphatic heterocycles. The minimum atomic E-state index is -0.502. The highest BCUT2D eigenvalue weighted by molar-refractivity contribution is 5.30. The average molecular weight is 179 g/mol. The Morgan fingerprint density at radius 3 is 2.85 bits per heavy atom. The van der Waals surface area contributed by atoms with E-state index >= 15 is 0 Å². The van der Waals surface area contributed by atoms with Crippen molar-refractivity contribution in [3.8, 4) is 0 Å². The first-order valence-corrected chi connectivity index (χ1v) is 4.51. The van der Waals surface area contributed by atoms with E-state index in [1.165, 1.54) is 0 Å². The fraction of sp³-hybridized carbons (Fsp3) is 0.556. The predicted octanol–water partition coefficient (Wildman–Crippen LogP) is 0.804. The second kappa shape index (κ2) is 3.30. The van der Waals surface area contributed by atoms with Gasteiger partial charge < -0.3 is 10.4 Å². The van der Waals surface area contributed by atoms with E-state index in [0.29, 0.717) is 6.54 Å². The fourth-order valence-corrected chi connectivity index (χ4v) is 1.41. The molecule has 1 saturated carbocycles. The first-order valence-electron chi connectivity index (χ1n) is 4.51. The molecule has 2 rings (SSSR count). The third-order valence-electron chi connectivity index (χ3n) is 2.45. The van der Waals surface area contributed by atoms with Gasteiger partial charge in [-0.3, -0.25) is 4.98 Å². The highest BCUT2D eigenvalue weighted by Gasteiger charge is 2.33. The van der Waals surface area contributed by atoms with E-state index in [2.05, 4.69) is 15.3 Å². The van der Waals surface area contributed by atoms with Crippen molar-refractivity contribution < 1.29 is 5.11 Å². The maximum Gasteiger partial charge on any atom is 0.144 e. The van der Waals surface area contributed by atoms with Gasteiger partial charge in [0, 0.05) is 18.9 Å². The molecule has 0 radical (unpaired) electrons. The summed E-state index contributed by atoms with van der Waals surface area (Å²) in [7, 11) is 0. The lowest BCUT2D eigenvalue weighted by atomic mass is 9.80. The van der Waals surface area contributed by atoms with E-state index in [4.69, 9.17) is 0 Å². The maximum atomic E-state index is 9.76.